The van der Waals surface area contributed by atoms with E-state index in [0.29, 0.717) is 12.3 Å². The monoisotopic (exact) mass is 176 g/mol. The zero-order valence-electron chi connectivity index (χ0n) is 8.50. The zero-order valence-corrected chi connectivity index (χ0v) is 8.50. The van der Waals surface area contributed by atoms with Crippen molar-refractivity contribution in [2.45, 2.75) is 33.1 Å². The number of ketones is 1. The Morgan fingerprint density at radius 3 is 2.54 bits per heavy atom. The molecule has 0 bridgehead atoms. The van der Waals surface area contributed by atoms with Gasteiger partial charge in [0.05, 0.1) is 0 Å². The first-order valence-corrected chi connectivity index (χ1v) is 4.66. The summed E-state index contributed by atoms with van der Waals surface area (Å²) >= 11 is 0. The fourth-order valence-corrected chi connectivity index (χ4v) is 1.68. The highest BCUT2D eigenvalue weighted by molar-refractivity contribution is 5.76. The van der Waals surface area contributed by atoms with Crippen LogP contribution in [0.1, 0.15) is 37.3 Å². The molecule has 0 fully saturated rings. The molecular weight excluding hydrogens is 160 g/mol. The lowest BCUT2D eigenvalue weighted by Crippen LogP contribution is -2.01. The van der Waals surface area contributed by atoms with Gasteiger partial charge in [-0.1, -0.05) is 31.2 Å². The minimum Gasteiger partial charge on any atom is -0.300 e. The molecule has 1 nitrogen and oxygen atoms in total. The molecule has 1 rings (SSSR count). The van der Waals surface area contributed by atoms with Crippen molar-refractivity contribution in [3.63, 3.8) is 0 Å². The number of benzene rings is 1. The Labute approximate surface area is 79.8 Å². The largest absolute Gasteiger partial charge is 0.300 e. The number of hydrogen-bond acceptors (Lipinski definition) is 1. The molecule has 0 aliphatic heterocycles. The van der Waals surface area contributed by atoms with Crippen molar-refractivity contribution in [2.24, 2.45) is 0 Å². The molecule has 1 aromatic carbocycles. The molecule has 1 aromatic rings. The Kier molecular flexibility index (Phi) is 3.24. The fraction of sp³-hybridized carbons (Fsp3) is 0.417. The van der Waals surface area contributed by atoms with Crippen molar-refractivity contribution in [3.8, 4) is 0 Å². The van der Waals surface area contributed by atoms with Crippen LogP contribution in [0.25, 0.3) is 0 Å². The van der Waals surface area contributed by atoms with Crippen LogP contribution in [0.5, 0.6) is 0 Å². The highest BCUT2D eigenvalue weighted by Gasteiger charge is 2.09. The SMILES string of the molecule is CC(=O)C[C@H](C)c1ccccc1C. The van der Waals surface area contributed by atoms with Gasteiger partial charge in [-0.2, -0.15) is 0 Å². The van der Waals surface area contributed by atoms with Crippen LogP contribution in [0, 0.1) is 6.92 Å². The predicted molar refractivity (Wildman–Crippen MR) is 54.9 cm³/mol. The van der Waals surface area contributed by atoms with Crippen molar-refractivity contribution < 1.29 is 4.79 Å². The first-order valence-electron chi connectivity index (χ1n) is 4.66. The number of hydrogen-bond donors (Lipinski definition) is 0. The maximum absolute atomic E-state index is 10.9. The van der Waals surface area contributed by atoms with Gasteiger partial charge in [-0.15, -0.1) is 0 Å². The Balaban J connectivity index is 2.82. The van der Waals surface area contributed by atoms with Gasteiger partial charge >= 0.3 is 0 Å². The smallest absolute Gasteiger partial charge is 0.130 e. The van der Waals surface area contributed by atoms with E-state index in [2.05, 4.69) is 26.0 Å². The van der Waals surface area contributed by atoms with Crippen LogP contribution in [0.3, 0.4) is 0 Å². The average Bonchev–Trinajstić information content (AvgIpc) is 2.03. The molecule has 0 aromatic heterocycles. The van der Waals surface area contributed by atoms with Crippen LogP contribution in [0.2, 0.25) is 0 Å². The summed E-state index contributed by atoms with van der Waals surface area (Å²) in [5, 5.41) is 0. The highest BCUT2D eigenvalue weighted by Crippen LogP contribution is 2.22. The van der Waals surface area contributed by atoms with Gasteiger partial charge in [-0.3, -0.25) is 0 Å². The third kappa shape index (κ3) is 2.69. The first kappa shape index (κ1) is 9.97. The van der Waals surface area contributed by atoms with Crippen molar-refractivity contribution in [2.75, 3.05) is 0 Å². The minimum atomic E-state index is 0.260. The number of aryl methyl sites for hydroxylation is 1. The molecule has 0 aliphatic rings. The standard InChI is InChI=1S/C12H16O/c1-9-6-4-5-7-12(9)10(2)8-11(3)13/h4-7,10H,8H2,1-3H3/t10-/m0/s1. The number of rotatable bonds is 3. The van der Waals surface area contributed by atoms with Gasteiger partial charge in [-0.05, 0) is 30.9 Å². The van der Waals surface area contributed by atoms with Crippen LogP contribution in [-0.4, -0.2) is 5.78 Å². The summed E-state index contributed by atoms with van der Waals surface area (Å²) in [5.41, 5.74) is 2.56. The lowest BCUT2D eigenvalue weighted by molar-refractivity contribution is -0.117. The second-order valence-corrected chi connectivity index (χ2v) is 3.66. The van der Waals surface area contributed by atoms with Gasteiger partial charge in [-0.25, -0.2) is 0 Å². The Hall–Kier alpha value is -1.11. The Bertz CT molecular complexity index is 302. The van der Waals surface area contributed by atoms with Crippen LogP contribution in [-0.2, 0) is 4.79 Å². The minimum absolute atomic E-state index is 0.260. The normalized spacial score (nSPS) is 12.5. The van der Waals surface area contributed by atoms with Gasteiger partial charge in [0.25, 0.3) is 0 Å². The lowest BCUT2D eigenvalue weighted by atomic mass is 9.93. The van der Waals surface area contributed by atoms with E-state index < -0.39 is 0 Å². The number of carbonyl (C=O) groups is 1. The van der Waals surface area contributed by atoms with E-state index in [1.807, 2.05) is 12.1 Å². The quantitative estimate of drug-likeness (QED) is 0.691. The summed E-state index contributed by atoms with van der Waals surface area (Å²) in [7, 11) is 0. The highest BCUT2D eigenvalue weighted by atomic mass is 16.1. The maximum atomic E-state index is 10.9. The van der Waals surface area contributed by atoms with Gasteiger partial charge in [0, 0.05) is 6.42 Å². The lowest BCUT2D eigenvalue weighted by Gasteiger charge is -2.12. The van der Waals surface area contributed by atoms with E-state index >= 15 is 0 Å². The molecule has 0 unspecified atom stereocenters. The van der Waals surface area contributed by atoms with Gasteiger partial charge < -0.3 is 4.79 Å². The van der Waals surface area contributed by atoms with Crippen LogP contribution >= 0.6 is 0 Å². The summed E-state index contributed by atoms with van der Waals surface area (Å²) in [4.78, 5) is 10.9. The molecule has 0 heterocycles. The van der Waals surface area contributed by atoms with Crippen LogP contribution in [0.4, 0.5) is 0 Å². The molecule has 0 N–H and O–H groups in total. The van der Waals surface area contributed by atoms with E-state index in [4.69, 9.17) is 0 Å². The third-order valence-electron chi connectivity index (χ3n) is 2.31. The van der Waals surface area contributed by atoms with Gasteiger partial charge in [0.15, 0.2) is 0 Å². The maximum Gasteiger partial charge on any atom is 0.130 e. The van der Waals surface area contributed by atoms with E-state index in [9.17, 15) is 4.79 Å². The second-order valence-electron chi connectivity index (χ2n) is 3.66. The van der Waals surface area contributed by atoms with Crippen LogP contribution < -0.4 is 0 Å². The van der Waals surface area contributed by atoms with Crippen molar-refractivity contribution in [1.82, 2.24) is 0 Å². The first-order chi connectivity index (χ1) is 6.11. The number of carbonyl (C=O) groups excluding carboxylic acids is 1. The molecule has 0 saturated heterocycles. The molecular formula is C12H16O. The molecule has 0 amide bonds. The Morgan fingerprint density at radius 1 is 1.38 bits per heavy atom. The van der Waals surface area contributed by atoms with Crippen molar-refractivity contribution in [1.29, 1.82) is 0 Å². The van der Waals surface area contributed by atoms with E-state index in [1.165, 1.54) is 11.1 Å². The van der Waals surface area contributed by atoms with Crippen LogP contribution in [0.15, 0.2) is 24.3 Å². The molecule has 13 heavy (non-hydrogen) atoms. The Morgan fingerprint density at radius 2 is 2.00 bits per heavy atom. The molecule has 0 saturated carbocycles. The average molecular weight is 176 g/mol. The third-order valence-corrected chi connectivity index (χ3v) is 2.31. The zero-order chi connectivity index (χ0) is 9.84. The molecule has 0 spiro atoms. The van der Waals surface area contributed by atoms with E-state index in [1.54, 1.807) is 6.92 Å². The second kappa shape index (κ2) is 4.22. The van der Waals surface area contributed by atoms with Crippen molar-refractivity contribution >= 4 is 5.78 Å². The number of Topliss-reactive ketones (excluding diaryl/α,β-unsaturated/α-hetero) is 1. The molecule has 0 radical (unpaired) electrons. The van der Waals surface area contributed by atoms with Crippen molar-refractivity contribution in [3.05, 3.63) is 35.4 Å². The van der Waals surface area contributed by atoms with E-state index in [0.717, 1.165) is 0 Å². The van der Waals surface area contributed by atoms with E-state index in [-0.39, 0.29) is 5.78 Å². The topological polar surface area (TPSA) is 17.1 Å². The summed E-state index contributed by atoms with van der Waals surface area (Å²) in [6.45, 7) is 5.84. The molecule has 0 aliphatic carbocycles. The summed E-state index contributed by atoms with van der Waals surface area (Å²) < 4.78 is 0. The summed E-state index contributed by atoms with van der Waals surface area (Å²) in [6, 6.07) is 8.24. The predicted octanol–water partition coefficient (Wildman–Crippen LogP) is 3.08. The molecule has 70 valence electrons. The van der Waals surface area contributed by atoms with Gasteiger partial charge in [0.2, 0.25) is 0 Å². The molecule has 1 atom stereocenters. The molecule has 1 heteroatoms. The summed E-state index contributed by atoms with van der Waals surface area (Å²) in [6.07, 6.45) is 0.644. The summed E-state index contributed by atoms with van der Waals surface area (Å²) in [5.74, 6) is 0.606. The fourth-order valence-electron chi connectivity index (χ4n) is 1.68. The van der Waals surface area contributed by atoms with Gasteiger partial charge in [0.1, 0.15) is 5.78 Å².